The average Bonchev–Trinajstić information content (AvgIpc) is 3.50. The van der Waals surface area contributed by atoms with Crippen LogP contribution in [0.5, 0.6) is 11.5 Å². The molecule has 6 rings (SSSR count). The van der Waals surface area contributed by atoms with Crippen molar-refractivity contribution in [1.29, 1.82) is 0 Å². The molecule has 1 aliphatic rings. The number of fused-ring (bicyclic) bond motifs is 1. The molecule has 1 atom stereocenters. The Labute approximate surface area is 253 Å². The van der Waals surface area contributed by atoms with Crippen molar-refractivity contribution in [2.45, 2.75) is 25.9 Å². The quantitative estimate of drug-likeness (QED) is 0.160. The molecule has 1 saturated heterocycles. The number of aromatic amines is 1. The molecule has 0 radical (unpaired) electrons. The van der Waals surface area contributed by atoms with E-state index in [1.807, 2.05) is 55.5 Å². The van der Waals surface area contributed by atoms with Crippen molar-refractivity contribution in [3.63, 3.8) is 0 Å². The minimum absolute atomic E-state index is 0.0299. The van der Waals surface area contributed by atoms with E-state index >= 15 is 0 Å². The average molecular weight is 596 g/mol. The maximum absolute atomic E-state index is 12.1. The first kappa shape index (κ1) is 28.5. The highest BCUT2D eigenvalue weighted by Gasteiger charge is 2.30. The van der Waals surface area contributed by atoms with Gasteiger partial charge in [0.25, 0.3) is 0 Å². The zero-order valence-corrected chi connectivity index (χ0v) is 24.2. The number of hydrogen-bond acceptors (Lipinski definition) is 6. The number of aldehydes is 1. The van der Waals surface area contributed by atoms with Crippen LogP contribution in [0.25, 0.3) is 22.2 Å². The number of hydrogen-bond donors (Lipinski definition) is 3. The molecular weight excluding hydrogens is 566 g/mol. The number of aromatic nitrogens is 2. The molecule has 3 heterocycles. The van der Waals surface area contributed by atoms with Gasteiger partial charge in [-0.25, -0.2) is 9.78 Å². The van der Waals surface area contributed by atoms with Gasteiger partial charge in [0, 0.05) is 46.5 Å². The number of anilines is 1. The largest absolute Gasteiger partial charge is 0.478 e. The molecule has 0 saturated carbocycles. The first-order valence-corrected chi connectivity index (χ1v) is 14.5. The Balaban J connectivity index is 1.24. The Bertz CT molecular complexity index is 1810. The van der Waals surface area contributed by atoms with Crippen molar-refractivity contribution in [3.05, 3.63) is 106 Å². The maximum Gasteiger partial charge on any atom is 0.339 e. The number of nitrogens with zero attached hydrogens (tertiary/aromatic N) is 2. The molecule has 1 fully saturated rings. The van der Waals surface area contributed by atoms with E-state index < -0.39 is 12.1 Å². The van der Waals surface area contributed by atoms with Crippen LogP contribution in [0.3, 0.4) is 0 Å². The highest BCUT2D eigenvalue weighted by Crippen LogP contribution is 2.41. The van der Waals surface area contributed by atoms with Crippen molar-refractivity contribution < 1.29 is 24.5 Å². The van der Waals surface area contributed by atoms with Gasteiger partial charge in [0.05, 0.1) is 12.3 Å². The number of piperidine rings is 1. The molecule has 5 aromatic rings. The van der Waals surface area contributed by atoms with Crippen LogP contribution in [0.4, 0.5) is 5.69 Å². The van der Waals surface area contributed by atoms with Crippen molar-refractivity contribution in [3.8, 4) is 22.6 Å². The van der Waals surface area contributed by atoms with Gasteiger partial charge in [0.15, 0.2) is 0 Å². The molecule has 3 N–H and O–H groups in total. The number of aliphatic hydroxyl groups is 1. The third-order valence-electron chi connectivity index (χ3n) is 8.22. The Kier molecular flexibility index (Phi) is 7.88. The summed E-state index contributed by atoms with van der Waals surface area (Å²) in [6.45, 7) is 3.19. The van der Waals surface area contributed by atoms with Crippen LogP contribution in [0.1, 0.15) is 50.8 Å². The molecule has 3 aromatic carbocycles. The Morgan fingerprint density at radius 1 is 1.09 bits per heavy atom. The molecule has 1 unspecified atom stereocenters. The smallest absolute Gasteiger partial charge is 0.339 e. The van der Waals surface area contributed by atoms with Crippen molar-refractivity contribution >= 4 is 40.6 Å². The van der Waals surface area contributed by atoms with Gasteiger partial charge in [-0.1, -0.05) is 35.9 Å². The van der Waals surface area contributed by atoms with Gasteiger partial charge >= 0.3 is 5.97 Å². The van der Waals surface area contributed by atoms with Crippen LogP contribution in [-0.2, 0) is 0 Å². The highest BCUT2D eigenvalue weighted by atomic mass is 35.5. The molecule has 218 valence electrons. The zero-order valence-electron chi connectivity index (χ0n) is 23.5. The molecular formula is C34H30ClN3O5. The molecule has 0 bridgehead atoms. The topological polar surface area (TPSA) is 116 Å². The molecule has 0 spiro atoms. The van der Waals surface area contributed by atoms with E-state index in [-0.39, 0.29) is 17.2 Å². The number of H-pyrrole nitrogens is 1. The van der Waals surface area contributed by atoms with Gasteiger partial charge in [0.1, 0.15) is 29.0 Å². The monoisotopic (exact) mass is 595 g/mol. The summed E-state index contributed by atoms with van der Waals surface area (Å²) in [6.07, 6.45) is 4.79. The molecule has 1 aliphatic heterocycles. The van der Waals surface area contributed by atoms with Gasteiger partial charge in [-0.3, -0.25) is 4.79 Å². The van der Waals surface area contributed by atoms with Crippen LogP contribution in [-0.4, -0.2) is 45.5 Å². The van der Waals surface area contributed by atoms with Crippen LogP contribution < -0.4 is 9.64 Å². The number of benzene rings is 3. The van der Waals surface area contributed by atoms with E-state index in [4.69, 9.17) is 16.3 Å². The summed E-state index contributed by atoms with van der Waals surface area (Å²) in [5.41, 5.74) is 5.41. The predicted molar refractivity (Wildman–Crippen MR) is 166 cm³/mol. The lowest BCUT2D eigenvalue weighted by Crippen LogP contribution is -2.36. The lowest BCUT2D eigenvalue weighted by atomic mass is 9.83. The fourth-order valence-electron chi connectivity index (χ4n) is 5.92. The zero-order chi connectivity index (χ0) is 30.1. The normalized spacial score (nSPS) is 14.5. The standard InChI is InChI=1S/C34H30ClN3O5/c1-20-30(9-8-28(34(41)42)32(20)43-26-17-24-10-13-36-33(24)37-18-26)38-14-11-23(12-15-38)31(40)29-16-21(19-39)2-7-27(29)22-3-5-25(35)6-4-22/h2-10,13,16-19,23,31,40H,11-12,14-15H2,1H3,(H,36,37)(H,41,42). The summed E-state index contributed by atoms with van der Waals surface area (Å²) in [5, 5.41) is 23.0. The molecule has 8 nitrogen and oxygen atoms in total. The lowest BCUT2D eigenvalue weighted by Gasteiger charge is -2.37. The number of carbonyl (C=O) groups excluding carboxylic acids is 1. The second kappa shape index (κ2) is 11.9. The summed E-state index contributed by atoms with van der Waals surface area (Å²) >= 11 is 6.10. The number of aromatic carboxylic acids is 1. The SMILES string of the molecule is Cc1c(N2CCC(C(O)c3cc(C=O)ccc3-c3ccc(Cl)cc3)CC2)ccc(C(=O)O)c1Oc1cnc2[nH]ccc2c1. The van der Waals surface area contributed by atoms with E-state index in [0.717, 1.165) is 45.3 Å². The van der Waals surface area contributed by atoms with E-state index in [1.165, 1.54) is 0 Å². The number of ether oxygens (including phenoxy) is 1. The van der Waals surface area contributed by atoms with Crippen LogP contribution in [0.2, 0.25) is 5.02 Å². The fourth-order valence-corrected chi connectivity index (χ4v) is 6.04. The number of carbonyl (C=O) groups is 2. The minimum atomic E-state index is -1.07. The fraction of sp³-hybridized carbons (Fsp3) is 0.206. The second-order valence-corrected chi connectivity index (χ2v) is 11.3. The molecule has 9 heteroatoms. The van der Waals surface area contributed by atoms with E-state index in [2.05, 4.69) is 14.9 Å². The lowest BCUT2D eigenvalue weighted by molar-refractivity contribution is 0.0693. The summed E-state index contributed by atoms with van der Waals surface area (Å²) in [6, 6.07) is 19.9. The highest BCUT2D eigenvalue weighted by molar-refractivity contribution is 6.30. The van der Waals surface area contributed by atoms with Gasteiger partial charge in [-0.2, -0.15) is 0 Å². The maximum atomic E-state index is 12.1. The molecule has 43 heavy (non-hydrogen) atoms. The van der Waals surface area contributed by atoms with E-state index in [0.29, 0.717) is 42.3 Å². The molecule has 2 aromatic heterocycles. The minimum Gasteiger partial charge on any atom is -0.478 e. The van der Waals surface area contributed by atoms with Crippen molar-refractivity contribution in [2.24, 2.45) is 5.92 Å². The van der Waals surface area contributed by atoms with Crippen LogP contribution in [0.15, 0.2) is 79.1 Å². The number of carboxylic acid groups (broad SMARTS) is 1. The predicted octanol–water partition coefficient (Wildman–Crippen LogP) is 7.44. The first-order valence-electron chi connectivity index (χ1n) is 14.1. The van der Waals surface area contributed by atoms with Gasteiger partial charge in [-0.15, -0.1) is 0 Å². The number of aliphatic hydroxyl groups excluding tert-OH is 1. The van der Waals surface area contributed by atoms with Crippen molar-refractivity contribution in [1.82, 2.24) is 9.97 Å². The van der Waals surface area contributed by atoms with Crippen molar-refractivity contribution in [2.75, 3.05) is 18.0 Å². The summed E-state index contributed by atoms with van der Waals surface area (Å²) in [7, 11) is 0. The van der Waals surface area contributed by atoms with E-state index in [9.17, 15) is 19.8 Å². The molecule has 0 aliphatic carbocycles. The number of carboxylic acids is 1. The summed E-state index contributed by atoms with van der Waals surface area (Å²) in [4.78, 5) is 33.3. The third-order valence-corrected chi connectivity index (χ3v) is 8.47. The summed E-state index contributed by atoms with van der Waals surface area (Å²) in [5.74, 6) is -0.373. The van der Waals surface area contributed by atoms with Crippen LogP contribution >= 0.6 is 11.6 Å². The Hall–Kier alpha value is -4.66. The second-order valence-electron chi connectivity index (χ2n) is 10.8. The Morgan fingerprint density at radius 2 is 1.86 bits per heavy atom. The van der Waals surface area contributed by atoms with Gasteiger partial charge < -0.3 is 24.8 Å². The molecule has 0 amide bonds. The third kappa shape index (κ3) is 5.71. The van der Waals surface area contributed by atoms with Crippen LogP contribution in [0, 0.1) is 12.8 Å². The number of pyridine rings is 1. The number of halogens is 1. The van der Waals surface area contributed by atoms with Gasteiger partial charge in [-0.05, 0) is 84.8 Å². The number of nitrogens with one attached hydrogen (secondary N) is 1. The Morgan fingerprint density at radius 3 is 2.58 bits per heavy atom. The first-order chi connectivity index (χ1) is 20.8. The number of rotatable bonds is 8. The van der Waals surface area contributed by atoms with E-state index in [1.54, 1.807) is 30.6 Å². The van der Waals surface area contributed by atoms with Gasteiger partial charge in [0.2, 0.25) is 0 Å². The summed E-state index contributed by atoms with van der Waals surface area (Å²) < 4.78 is 6.15.